The molecule has 2 N–H and O–H groups in total. The van der Waals surface area contributed by atoms with Crippen molar-refractivity contribution < 1.29 is 14.8 Å². The standard InChI is InChI=1S/C16H18N2O4/c1-11-5-3-4-6-13(11)15(19)10-17-12-7-8-14(18(20)21)16(9-12)22-2/h3-9,15,17,19H,10H2,1-2H3. The molecule has 0 bridgehead atoms. The molecular weight excluding hydrogens is 284 g/mol. The molecule has 0 spiro atoms. The third kappa shape index (κ3) is 3.53. The molecule has 1 unspecified atom stereocenters. The maximum atomic E-state index is 10.8. The van der Waals surface area contributed by atoms with E-state index in [0.717, 1.165) is 11.1 Å². The Kier molecular flexibility index (Phi) is 4.95. The minimum atomic E-state index is -0.664. The number of hydrogen-bond donors (Lipinski definition) is 2. The van der Waals surface area contributed by atoms with Gasteiger partial charge in [0.2, 0.25) is 0 Å². The van der Waals surface area contributed by atoms with Crippen LogP contribution in [0, 0.1) is 17.0 Å². The second-order valence-corrected chi connectivity index (χ2v) is 4.90. The highest BCUT2D eigenvalue weighted by Crippen LogP contribution is 2.30. The molecule has 0 radical (unpaired) electrons. The second-order valence-electron chi connectivity index (χ2n) is 4.90. The summed E-state index contributed by atoms with van der Waals surface area (Å²) in [6.07, 6.45) is -0.664. The van der Waals surface area contributed by atoms with Gasteiger partial charge in [-0.15, -0.1) is 0 Å². The summed E-state index contributed by atoms with van der Waals surface area (Å²) in [5, 5.41) is 24.1. The largest absolute Gasteiger partial charge is 0.490 e. The molecule has 0 fully saturated rings. The van der Waals surface area contributed by atoms with Gasteiger partial charge in [0.05, 0.1) is 18.1 Å². The molecule has 0 saturated heterocycles. The molecule has 0 aliphatic heterocycles. The molecule has 116 valence electrons. The Morgan fingerprint density at radius 2 is 2.05 bits per heavy atom. The molecule has 0 amide bonds. The molecule has 0 aromatic heterocycles. The predicted molar refractivity (Wildman–Crippen MR) is 84.3 cm³/mol. The van der Waals surface area contributed by atoms with Gasteiger partial charge in [0.1, 0.15) is 0 Å². The van der Waals surface area contributed by atoms with Crippen molar-refractivity contribution in [2.45, 2.75) is 13.0 Å². The zero-order chi connectivity index (χ0) is 16.1. The maximum absolute atomic E-state index is 10.8. The topological polar surface area (TPSA) is 84.6 Å². The average Bonchev–Trinajstić information content (AvgIpc) is 2.52. The van der Waals surface area contributed by atoms with Crippen LogP contribution in [0.5, 0.6) is 5.75 Å². The Labute approximate surface area is 128 Å². The van der Waals surface area contributed by atoms with E-state index in [0.29, 0.717) is 12.2 Å². The molecule has 6 heteroatoms. The van der Waals surface area contributed by atoms with Gasteiger partial charge >= 0.3 is 5.69 Å². The number of anilines is 1. The van der Waals surface area contributed by atoms with Gasteiger partial charge in [-0.2, -0.15) is 0 Å². The van der Waals surface area contributed by atoms with Crippen LogP contribution in [-0.2, 0) is 0 Å². The normalized spacial score (nSPS) is 11.8. The predicted octanol–water partition coefficient (Wildman–Crippen LogP) is 3.06. The number of aliphatic hydroxyl groups is 1. The average molecular weight is 302 g/mol. The molecule has 0 aliphatic carbocycles. The van der Waals surface area contributed by atoms with E-state index in [1.807, 2.05) is 31.2 Å². The number of aliphatic hydroxyl groups excluding tert-OH is 1. The van der Waals surface area contributed by atoms with Gasteiger partial charge in [0.25, 0.3) is 0 Å². The number of rotatable bonds is 6. The van der Waals surface area contributed by atoms with Crippen LogP contribution in [0.2, 0.25) is 0 Å². The van der Waals surface area contributed by atoms with Crippen LogP contribution < -0.4 is 10.1 Å². The van der Waals surface area contributed by atoms with E-state index in [-0.39, 0.29) is 11.4 Å². The van der Waals surface area contributed by atoms with Crippen molar-refractivity contribution in [2.75, 3.05) is 19.0 Å². The van der Waals surface area contributed by atoms with Crippen molar-refractivity contribution in [1.82, 2.24) is 0 Å². The van der Waals surface area contributed by atoms with Crippen molar-refractivity contribution in [3.63, 3.8) is 0 Å². The number of nitro benzene ring substituents is 1. The van der Waals surface area contributed by atoms with E-state index in [9.17, 15) is 15.2 Å². The highest BCUT2D eigenvalue weighted by atomic mass is 16.6. The zero-order valence-corrected chi connectivity index (χ0v) is 12.4. The quantitative estimate of drug-likeness (QED) is 0.633. The van der Waals surface area contributed by atoms with Crippen molar-refractivity contribution in [2.24, 2.45) is 0 Å². The molecule has 22 heavy (non-hydrogen) atoms. The number of nitrogens with zero attached hydrogens (tertiary/aromatic N) is 1. The van der Waals surface area contributed by atoms with Crippen LogP contribution in [0.4, 0.5) is 11.4 Å². The monoisotopic (exact) mass is 302 g/mol. The van der Waals surface area contributed by atoms with Gasteiger partial charge in [0.15, 0.2) is 5.75 Å². The summed E-state index contributed by atoms with van der Waals surface area (Å²) in [4.78, 5) is 10.4. The van der Waals surface area contributed by atoms with Gasteiger partial charge < -0.3 is 15.2 Å². The number of benzene rings is 2. The fourth-order valence-electron chi connectivity index (χ4n) is 2.22. The Morgan fingerprint density at radius 1 is 1.32 bits per heavy atom. The lowest BCUT2D eigenvalue weighted by Gasteiger charge is -2.15. The minimum Gasteiger partial charge on any atom is -0.490 e. The van der Waals surface area contributed by atoms with Crippen molar-refractivity contribution in [1.29, 1.82) is 0 Å². The van der Waals surface area contributed by atoms with Crippen LogP contribution in [0.3, 0.4) is 0 Å². The van der Waals surface area contributed by atoms with E-state index in [4.69, 9.17) is 4.74 Å². The second kappa shape index (κ2) is 6.91. The number of aryl methyl sites for hydroxylation is 1. The Morgan fingerprint density at radius 3 is 2.68 bits per heavy atom. The van der Waals surface area contributed by atoms with Gasteiger partial charge in [-0.25, -0.2) is 0 Å². The molecule has 6 nitrogen and oxygen atoms in total. The fourth-order valence-corrected chi connectivity index (χ4v) is 2.22. The molecule has 0 heterocycles. The SMILES string of the molecule is COc1cc(NCC(O)c2ccccc2C)ccc1[N+](=O)[O-]. The summed E-state index contributed by atoms with van der Waals surface area (Å²) in [7, 11) is 1.38. The number of hydrogen-bond acceptors (Lipinski definition) is 5. The van der Waals surface area contributed by atoms with E-state index < -0.39 is 11.0 Å². The molecular formula is C16H18N2O4. The van der Waals surface area contributed by atoms with E-state index in [1.165, 1.54) is 13.2 Å². The van der Waals surface area contributed by atoms with Crippen molar-refractivity contribution in [3.05, 3.63) is 63.7 Å². The van der Waals surface area contributed by atoms with Crippen LogP contribution >= 0.6 is 0 Å². The summed E-state index contributed by atoms with van der Waals surface area (Å²) in [5.41, 5.74) is 2.42. The minimum absolute atomic E-state index is 0.0903. The maximum Gasteiger partial charge on any atom is 0.311 e. The Hall–Kier alpha value is -2.60. The molecule has 2 rings (SSSR count). The summed E-state index contributed by atoms with van der Waals surface area (Å²) in [6.45, 7) is 2.24. The van der Waals surface area contributed by atoms with Crippen LogP contribution in [0.1, 0.15) is 17.2 Å². The molecule has 2 aromatic carbocycles. The molecule has 1 atom stereocenters. The molecule has 0 aliphatic rings. The first-order valence-electron chi connectivity index (χ1n) is 6.83. The van der Waals surface area contributed by atoms with Gasteiger partial charge in [0, 0.05) is 24.4 Å². The van der Waals surface area contributed by atoms with E-state index in [2.05, 4.69) is 5.32 Å². The highest BCUT2D eigenvalue weighted by Gasteiger charge is 2.15. The first-order valence-corrected chi connectivity index (χ1v) is 6.83. The van der Waals surface area contributed by atoms with Gasteiger partial charge in [-0.1, -0.05) is 24.3 Å². The van der Waals surface area contributed by atoms with Crippen molar-refractivity contribution in [3.8, 4) is 5.75 Å². The molecule has 2 aromatic rings. The van der Waals surface area contributed by atoms with E-state index >= 15 is 0 Å². The number of nitro groups is 1. The van der Waals surface area contributed by atoms with E-state index in [1.54, 1.807) is 12.1 Å². The first kappa shape index (κ1) is 15.8. The molecule has 0 saturated carbocycles. The number of nitrogens with one attached hydrogen (secondary N) is 1. The van der Waals surface area contributed by atoms with Crippen LogP contribution in [-0.4, -0.2) is 23.7 Å². The lowest BCUT2D eigenvalue weighted by atomic mass is 10.0. The van der Waals surface area contributed by atoms with Crippen molar-refractivity contribution >= 4 is 11.4 Å². The fraction of sp³-hybridized carbons (Fsp3) is 0.250. The smallest absolute Gasteiger partial charge is 0.311 e. The highest BCUT2D eigenvalue weighted by molar-refractivity contribution is 5.58. The summed E-state index contributed by atoms with van der Waals surface area (Å²) in [6, 6.07) is 12.1. The Balaban J connectivity index is 2.09. The van der Waals surface area contributed by atoms with Crippen LogP contribution in [0.25, 0.3) is 0 Å². The lowest BCUT2D eigenvalue weighted by Crippen LogP contribution is -2.13. The van der Waals surface area contributed by atoms with Gasteiger partial charge in [-0.3, -0.25) is 10.1 Å². The van der Waals surface area contributed by atoms with Crippen LogP contribution in [0.15, 0.2) is 42.5 Å². The lowest BCUT2D eigenvalue weighted by molar-refractivity contribution is -0.385. The number of ether oxygens (including phenoxy) is 1. The first-order chi connectivity index (χ1) is 10.5. The number of methoxy groups -OCH3 is 1. The third-order valence-corrected chi connectivity index (χ3v) is 3.42. The van der Waals surface area contributed by atoms with Gasteiger partial charge in [-0.05, 0) is 24.1 Å². The third-order valence-electron chi connectivity index (χ3n) is 3.42. The summed E-state index contributed by atoms with van der Waals surface area (Å²) >= 11 is 0. The zero-order valence-electron chi connectivity index (χ0n) is 12.4. The Bertz CT molecular complexity index is 673. The summed E-state index contributed by atoms with van der Waals surface area (Å²) < 4.78 is 5.01. The summed E-state index contributed by atoms with van der Waals surface area (Å²) in [5.74, 6) is 0.181.